The fraction of sp³-hybridized carbons (Fsp3) is 0.455. The number of hydrogen-bond donors (Lipinski definition) is 1. The van der Waals surface area contributed by atoms with Gasteiger partial charge in [0.2, 0.25) is 0 Å². The van der Waals surface area contributed by atoms with E-state index in [4.69, 9.17) is 11.6 Å². The lowest BCUT2D eigenvalue weighted by Gasteiger charge is -2.24. The van der Waals surface area contributed by atoms with E-state index in [1.807, 2.05) is 0 Å². The van der Waals surface area contributed by atoms with E-state index in [-0.39, 0.29) is 0 Å². The van der Waals surface area contributed by atoms with Gasteiger partial charge in [-0.25, -0.2) is 0 Å². The lowest BCUT2D eigenvalue weighted by atomic mass is 9.98. The minimum Gasteiger partial charge on any atom is -0.310 e. The van der Waals surface area contributed by atoms with Crippen LogP contribution in [0.15, 0.2) is 18.2 Å². The number of piperidine rings is 1. The standard InChI is InChI=1S/C11H13ClIN/c12-11-8(4-3-5-9(11)13)10-6-1-2-7-14-10/h3-5,10,14H,1-2,6-7H2. The molecule has 1 aromatic carbocycles. The second-order valence-electron chi connectivity index (χ2n) is 3.65. The Bertz CT molecular complexity index is 321. The summed E-state index contributed by atoms with van der Waals surface area (Å²) in [6.45, 7) is 1.12. The molecule has 1 unspecified atom stereocenters. The molecule has 0 aromatic heterocycles. The molecule has 0 amide bonds. The van der Waals surface area contributed by atoms with Gasteiger partial charge in [0, 0.05) is 9.61 Å². The topological polar surface area (TPSA) is 12.0 Å². The van der Waals surface area contributed by atoms with Crippen molar-refractivity contribution in [3.05, 3.63) is 32.4 Å². The van der Waals surface area contributed by atoms with Crippen LogP contribution < -0.4 is 5.32 Å². The van der Waals surface area contributed by atoms with E-state index < -0.39 is 0 Å². The Balaban J connectivity index is 2.26. The van der Waals surface area contributed by atoms with E-state index >= 15 is 0 Å². The Hall–Kier alpha value is 0.200. The summed E-state index contributed by atoms with van der Waals surface area (Å²) in [4.78, 5) is 0. The van der Waals surface area contributed by atoms with Crippen LogP contribution in [-0.4, -0.2) is 6.54 Å². The first-order valence-electron chi connectivity index (χ1n) is 4.96. The van der Waals surface area contributed by atoms with E-state index in [9.17, 15) is 0 Å². The molecule has 1 N–H and O–H groups in total. The lowest BCUT2D eigenvalue weighted by Crippen LogP contribution is -2.27. The molecule has 1 aliphatic heterocycles. The maximum Gasteiger partial charge on any atom is 0.0587 e. The molecule has 1 heterocycles. The third-order valence-electron chi connectivity index (χ3n) is 2.67. The molecule has 1 nitrogen and oxygen atoms in total. The second-order valence-corrected chi connectivity index (χ2v) is 5.19. The highest BCUT2D eigenvalue weighted by atomic mass is 127. The van der Waals surface area contributed by atoms with E-state index in [1.54, 1.807) is 0 Å². The molecule has 3 heteroatoms. The van der Waals surface area contributed by atoms with Crippen molar-refractivity contribution in [1.29, 1.82) is 0 Å². The zero-order chi connectivity index (χ0) is 9.97. The summed E-state index contributed by atoms with van der Waals surface area (Å²) in [6, 6.07) is 6.73. The number of rotatable bonds is 1. The first kappa shape index (κ1) is 10.7. The average molecular weight is 322 g/mol. The largest absolute Gasteiger partial charge is 0.310 e. The normalized spacial score (nSPS) is 22.3. The predicted octanol–water partition coefficient (Wildman–Crippen LogP) is 3.76. The summed E-state index contributed by atoms with van der Waals surface area (Å²) >= 11 is 8.57. The van der Waals surface area contributed by atoms with Crippen molar-refractivity contribution < 1.29 is 0 Å². The monoisotopic (exact) mass is 321 g/mol. The Morgan fingerprint density at radius 1 is 1.36 bits per heavy atom. The summed E-state index contributed by atoms with van der Waals surface area (Å²) in [5.74, 6) is 0. The van der Waals surface area contributed by atoms with Crippen molar-refractivity contribution in [2.75, 3.05) is 6.54 Å². The Morgan fingerprint density at radius 2 is 2.21 bits per heavy atom. The van der Waals surface area contributed by atoms with Gasteiger partial charge in [-0.3, -0.25) is 0 Å². The highest BCUT2D eigenvalue weighted by molar-refractivity contribution is 14.1. The number of halogens is 2. The Kier molecular flexibility index (Phi) is 3.68. The van der Waals surface area contributed by atoms with Gasteiger partial charge in [-0.1, -0.05) is 30.2 Å². The van der Waals surface area contributed by atoms with Crippen LogP contribution in [0.1, 0.15) is 30.9 Å². The molecule has 2 rings (SSSR count). The zero-order valence-electron chi connectivity index (χ0n) is 7.89. The van der Waals surface area contributed by atoms with Crippen LogP contribution in [0.2, 0.25) is 5.02 Å². The van der Waals surface area contributed by atoms with Crippen LogP contribution in [0.5, 0.6) is 0 Å². The lowest BCUT2D eigenvalue weighted by molar-refractivity contribution is 0.412. The fourth-order valence-electron chi connectivity index (χ4n) is 1.91. The minimum absolute atomic E-state index is 0.464. The smallest absolute Gasteiger partial charge is 0.0587 e. The fourth-order valence-corrected chi connectivity index (χ4v) is 2.68. The molecular weight excluding hydrogens is 308 g/mol. The van der Waals surface area contributed by atoms with Gasteiger partial charge < -0.3 is 5.32 Å². The van der Waals surface area contributed by atoms with Crippen LogP contribution in [0.25, 0.3) is 0 Å². The molecule has 0 bridgehead atoms. The molecule has 14 heavy (non-hydrogen) atoms. The summed E-state index contributed by atoms with van der Waals surface area (Å²) in [5.41, 5.74) is 1.26. The maximum atomic E-state index is 6.28. The number of hydrogen-bond acceptors (Lipinski definition) is 1. The summed E-state index contributed by atoms with van der Waals surface area (Å²) in [5, 5.41) is 4.44. The summed E-state index contributed by atoms with van der Waals surface area (Å²) < 4.78 is 1.15. The first-order valence-corrected chi connectivity index (χ1v) is 6.42. The van der Waals surface area contributed by atoms with Crippen LogP contribution in [0.3, 0.4) is 0 Å². The average Bonchev–Trinajstić information content (AvgIpc) is 2.23. The highest BCUT2D eigenvalue weighted by Gasteiger charge is 2.17. The van der Waals surface area contributed by atoms with Gasteiger partial charge in [-0.2, -0.15) is 0 Å². The van der Waals surface area contributed by atoms with Gasteiger partial charge in [-0.05, 0) is 53.6 Å². The first-order chi connectivity index (χ1) is 6.79. The van der Waals surface area contributed by atoms with Crippen molar-refractivity contribution in [3.63, 3.8) is 0 Å². The van der Waals surface area contributed by atoms with Gasteiger partial charge in [0.05, 0.1) is 5.02 Å². The highest BCUT2D eigenvalue weighted by Crippen LogP contribution is 2.31. The molecule has 1 fully saturated rings. The molecule has 1 aromatic rings. The quantitative estimate of drug-likeness (QED) is 0.777. The van der Waals surface area contributed by atoms with E-state index in [0.29, 0.717) is 6.04 Å². The molecule has 1 atom stereocenters. The maximum absolute atomic E-state index is 6.28. The van der Waals surface area contributed by atoms with Gasteiger partial charge in [-0.15, -0.1) is 0 Å². The molecule has 0 radical (unpaired) electrons. The predicted molar refractivity (Wildman–Crippen MR) is 68.8 cm³/mol. The summed E-state index contributed by atoms with van der Waals surface area (Å²) in [7, 11) is 0. The molecule has 0 spiro atoms. The molecule has 1 saturated heterocycles. The van der Waals surface area contributed by atoms with Gasteiger partial charge in [0.15, 0.2) is 0 Å². The van der Waals surface area contributed by atoms with E-state index in [0.717, 1.165) is 15.1 Å². The second kappa shape index (κ2) is 4.81. The van der Waals surface area contributed by atoms with Crippen LogP contribution in [0, 0.1) is 3.57 Å². The van der Waals surface area contributed by atoms with E-state index in [2.05, 4.69) is 46.1 Å². The number of benzene rings is 1. The zero-order valence-corrected chi connectivity index (χ0v) is 10.8. The third-order valence-corrected chi connectivity index (χ3v) is 4.31. The van der Waals surface area contributed by atoms with Crippen molar-refractivity contribution in [1.82, 2.24) is 5.32 Å². The number of nitrogens with one attached hydrogen (secondary N) is 1. The minimum atomic E-state index is 0.464. The van der Waals surface area contributed by atoms with Crippen molar-refractivity contribution in [2.24, 2.45) is 0 Å². The SMILES string of the molecule is Clc1c(I)cccc1C1CCCCN1. The van der Waals surface area contributed by atoms with Crippen molar-refractivity contribution >= 4 is 34.2 Å². The van der Waals surface area contributed by atoms with Crippen LogP contribution in [0.4, 0.5) is 0 Å². The van der Waals surface area contributed by atoms with Gasteiger partial charge >= 0.3 is 0 Å². The van der Waals surface area contributed by atoms with Crippen molar-refractivity contribution in [3.8, 4) is 0 Å². The van der Waals surface area contributed by atoms with E-state index in [1.165, 1.54) is 24.8 Å². The van der Waals surface area contributed by atoms with Crippen LogP contribution >= 0.6 is 34.2 Å². The summed E-state index contributed by atoms with van der Waals surface area (Å²) in [6.07, 6.45) is 3.80. The van der Waals surface area contributed by atoms with Gasteiger partial charge in [0.1, 0.15) is 0 Å². The van der Waals surface area contributed by atoms with Gasteiger partial charge in [0.25, 0.3) is 0 Å². The molecule has 1 aliphatic rings. The third kappa shape index (κ3) is 2.23. The Labute approximate surface area is 103 Å². The van der Waals surface area contributed by atoms with Crippen molar-refractivity contribution in [2.45, 2.75) is 25.3 Å². The molecule has 76 valence electrons. The van der Waals surface area contributed by atoms with Crippen LogP contribution in [-0.2, 0) is 0 Å². The Morgan fingerprint density at radius 3 is 2.93 bits per heavy atom. The molecular formula is C11H13ClIN. The molecule has 0 saturated carbocycles. The molecule has 0 aliphatic carbocycles.